The van der Waals surface area contributed by atoms with Crippen LogP contribution in [0.3, 0.4) is 0 Å². The topological polar surface area (TPSA) is 59.8 Å². The van der Waals surface area contributed by atoms with Crippen LogP contribution in [0.15, 0.2) is 6.33 Å². The number of nitrogens with one attached hydrogen (secondary N) is 1. The Kier molecular flexibility index (Phi) is 2.88. The fraction of sp³-hybridized carbons (Fsp3) is 0.500. The van der Waals surface area contributed by atoms with Gasteiger partial charge < -0.3 is 5.32 Å². The molecule has 0 atom stereocenters. The van der Waals surface area contributed by atoms with Crippen molar-refractivity contribution in [1.82, 2.24) is 20.1 Å². The smallest absolute Gasteiger partial charge is 0.315 e. The first-order valence-corrected chi connectivity index (χ1v) is 3.50. The molecule has 0 aliphatic heterocycles. The molecule has 0 unspecified atom stereocenters. The van der Waals surface area contributed by atoms with Crippen molar-refractivity contribution in [2.24, 2.45) is 7.05 Å². The lowest BCUT2D eigenvalue weighted by atomic mass is 10.5. The lowest BCUT2D eigenvalue weighted by molar-refractivity contribution is -0.131. The quantitative estimate of drug-likeness (QED) is 0.711. The van der Waals surface area contributed by atoms with Gasteiger partial charge in [0.05, 0.1) is 6.54 Å². The van der Waals surface area contributed by atoms with Crippen molar-refractivity contribution in [3.8, 4) is 0 Å². The van der Waals surface area contributed by atoms with Gasteiger partial charge in [-0.1, -0.05) is 0 Å². The van der Waals surface area contributed by atoms with Crippen LogP contribution in [0, 0.1) is 0 Å². The molecule has 0 aliphatic carbocycles. The van der Waals surface area contributed by atoms with Crippen molar-refractivity contribution < 1.29 is 13.6 Å². The summed E-state index contributed by atoms with van der Waals surface area (Å²) in [5.41, 5.74) is 0. The summed E-state index contributed by atoms with van der Waals surface area (Å²) in [6.45, 7) is -0.0794. The first-order valence-electron chi connectivity index (χ1n) is 3.50. The molecule has 0 aromatic carbocycles. The minimum Gasteiger partial charge on any atom is -0.344 e. The molecule has 0 saturated carbocycles. The molecule has 1 heterocycles. The summed E-state index contributed by atoms with van der Waals surface area (Å²) < 4.78 is 24.8. The second-order valence-electron chi connectivity index (χ2n) is 2.35. The van der Waals surface area contributed by atoms with Crippen LogP contribution < -0.4 is 5.32 Å². The van der Waals surface area contributed by atoms with E-state index in [0.29, 0.717) is 5.82 Å². The van der Waals surface area contributed by atoms with Gasteiger partial charge in [0.15, 0.2) is 5.82 Å². The zero-order valence-corrected chi connectivity index (χ0v) is 6.87. The standard InChI is InChI=1S/C6H8F2N4O/c1-12-3-10-4(11-12)2-9-6(13)5(7)8/h3,5H,2H2,1H3,(H,9,13). The molecule has 1 amide bonds. The predicted molar refractivity (Wildman–Crippen MR) is 38.9 cm³/mol. The van der Waals surface area contributed by atoms with Gasteiger partial charge in [0, 0.05) is 7.05 Å². The molecule has 1 rings (SSSR count). The van der Waals surface area contributed by atoms with Crippen LogP contribution in [0.2, 0.25) is 0 Å². The van der Waals surface area contributed by atoms with Crippen molar-refractivity contribution in [1.29, 1.82) is 0 Å². The van der Waals surface area contributed by atoms with Crippen molar-refractivity contribution in [3.63, 3.8) is 0 Å². The number of alkyl halides is 2. The fourth-order valence-electron chi connectivity index (χ4n) is 0.708. The minimum absolute atomic E-state index is 0.0794. The van der Waals surface area contributed by atoms with Crippen LogP contribution in [0.25, 0.3) is 0 Å². The number of hydrogen-bond acceptors (Lipinski definition) is 3. The molecular formula is C6H8F2N4O. The maximum absolute atomic E-state index is 11.7. The summed E-state index contributed by atoms with van der Waals surface area (Å²) in [6.07, 6.45) is -1.58. The summed E-state index contributed by atoms with van der Waals surface area (Å²) in [5.74, 6) is -1.01. The van der Waals surface area contributed by atoms with Crippen LogP contribution in [0.5, 0.6) is 0 Å². The van der Waals surface area contributed by atoms with E-state index in [1.165, 1.54) is 11.0 Å². The van der Waals surface area contributed by atoms with Crippen LogP contribution in [-0.2, 0) is 18.4 Å². The summed E-state index contributed by atoms with van der Waals surface area (Å²) in [4.78, 5) is 14.1. The second kappa shape index (κ2) is 3.92. The third kappa shape index (κ3) is 2.77. The summed E-state index contributed by atoms with van der Waals surface area (Å²) in [7, 11) is 1.64. The molecule has 13 heavy (non-hydrogen) atoms. The summed E-state index contributed by atoms with van der Waals surface area (Å²) in [5, 5.41) is 5.77. The lowest BCUT2D eigenvalue weighted by Gasteiger charge is -1.99. The van der Waals surface area contributed by atoms with Gasteiger partial charge in [-0.05, 0) is 0 Å². The Hall–Kier alpha value is -1.53. The van der Waals surface area contributed by atoms with Crippen LogP contribution in [0.1, 0.15) is 5.82 Å². The van der Waals surface area contributed by atoms with Crippen LogP contribution >= 0.6 is 0 Å². The Bertz CT molecular complexity index is 299. The monoisotopic (exact) mass is 190 g/mol. The molecule has 0 bridgehead atoms. The number of carbonyl (C=O) groups excluding carboxylic acids is 1. The third-order valence-corrected chi connectivity index (χ3v) is 1.27. The maximum atomic E-state index is 11.7. The highest BCUT2D eigenvalue weighted by Gasteiger charge is 2.14. The number of aryl methyl sites for hydroxylation is 1. The number of amides is 1. The molecule has 7 heteroatoms. The van der Waals surface area contributed by atoms with E-state index < -0.39 is 12.3 Å². The number of hydrogen-bond donors (Lipinski definition) is 1. The molecule has 72 valence electrons. The molecule has 5 nitrogen and oxygen atoms in total. The van der Waals surface area contributed by atoms with Gasteiger partial charge in [-0.25, -0.2) is 4.98 Å². The Labute approximate surface area is 72.8 Å². The zero-order valence-electron chi connectivity index (χ0n) is 6.87. The highest BCUT2D eigenvalue weighted by molar-refractivity contribution is 5.78. The van der Waals surface area contributed by atoms with E-state index in [9.17, 15) is 13.6 Å². The number of aromatic nitrogens is 3. The highest BCUT2D eigenvalue weighted by Crippen LogP contribution is 1.92. The number of carbonyl (C=O) groups is 1. The highest BCUT2D eigenvalue weighted by atomic mass is 19.3. The Morgan fingerprint density at radius 1 is 1.77 bits per heavy atom. The molecule has 0 radical (unpaired) electrons. The third-order valence-electron chi connectivity index (χ3n) is 1.27. The van der Waals surface area contributed by atoms with E-state index in [1.54, 1.807) is 7.05 Å². The Morgan fingerprint density at radius 2 is 2.46 bits per heavy atom. The van der Waals surface area contributed by atoms with E-state index in [4.69, 9.17) is 0 Å². The van der Waals surface area contributed by atoms with Crippen LogP contribution in [-0.4, -0.2) is 27.1 Å². The first-order chi connectivity index (χ1) is 6.09. The van der Waals surface area contributed by atoms with Crippen LogP contribution in [0.4, 0.5) is 8.78 Å². The molecule has 1 aromatic heterocycles. The van der Waals surface area contributed by atoms with Gasteiger partial charge in [-0.15, -0.1) is 0 Å². The average Bonchev–Trinajstić information content (AvgIpc) is 2.47. The normalized spacial score (nSPS) is 10.5. The lowest BCUT2D eigenvalue weighted by Crippen LogP contribution is -2.29. The van der Waals surface area contributed by atoms with Gasteiger partial charge in [-0.3, -0.25) is 9.48 Å². The summed E-state index contributed by atoms with van der Waals surface area (Å²) in [6, 6.07) is 0. The second-order valence-corrected chi connectivity index (χ2v) is 2.35. The largest absolute Gasteiger partial charge is 0.344 e. The number of halogens is 2. The fourth-order valence-corrected chi connectivity index (χ4v) is 0.708. The van der Waals surface area contributed by atoms with Crippen molar-refractivity contribution >= 4 is 5.91 Å². The zero-order chi connectivity index (χ0) is 9.84. The van der Waals surface area contributed by atoms with E-state index in [1.807, 2.05) is 5.32 Å². The Morgan fingerprint density at radius 3 is 2.92 bits per heavy atom. The van der Waals surface area contributed by atoms with Gasteiger partial charge >= 0.3 is 6.43 Å². The predicted octanol–water partition coefficient (Wildman–Crippen LogP) is -0.304. The van der Waals surface area contributed by atoms with Crippen molar-refractivity contribution in [2.75, 3.05) is 0 Å². The SMILES string of the molecule is Cn1cnc(CNC(=O)C(F)F)n1. The first kappa shape index (κ1) is 9.56. The minimum atomic E-state index is -3.00. The molecule has 0 saturated heterocycles. The van der Waals surface area contributed by atoms with Gasteiger partial charge in [-0.2, -0.15) is 13.9 Å². The molecule has 0 fully saturated rings. The van der Waals surface area contributed by atoms with E-state index in [2.05, 4.69) is 10.1 Å². The van der Waals surface area contributed by atoms with E-state index in [0.717, 1.165) is 0 Å². The van der Waals surface area contributed by atoms with Crippen molar-refractivity contribution in [3.05, 3.63) is 12.2 Å². The molecule has 0 spiro atoms. The number of nitrogens with zero attached hydrogens (tertiary/aromatic N) is 3. The number of rotatable bonds is 3. The van der Waals surface area contributed by atoms with Gasteiger partial charge in [0.25, 0.3) is 5.91 Å². The van der Waals surface area contributed by atoms with Crippen molar-refractivity contribution in [2.45, 2.75) is 13.0 Å². The van der Waals surface area contributed by atoms with E-state index in [-0.39, 0.29) is 6.54 Å². The van der Waals surface area contributed by atoms with Gasteiger partial charge in [0.1, 0.15) is 6.33 Å². The molecule has 1 N–H and O–H groups in total. The Balaban J connectivity index is 2.39. The molecule has 1 aromatic rings. The molecular weight excluding hydrogens is 182 g/mol. The maximum Gasteiger partial charge on any atom is 0.315 e. The van der Waals surface area contributed by atoms with E-state index >= 15 is 0 Å². The average molecular weight is 190 g/mol. The molecule has 0 aliphatic rings. The summed E-state index contributed by atoms with van der Waals surface area (Å²) >= 11 is 0. The van der Waals surface area contributed by atoms with Gasteiger partial charge in [0.2, 0.25) is 0 Å².